The van der Waals surface area contributed by atoms with Gasteiger partial charge in [0, 0.05) is 13.3 Å². The maximum Gasteiger partial charge on any atom is 0.308 e. The fourth-order valence-corrected chi connectivity index (χ4v) is 4.32. The molecule has 1 rings (SSSR count). The van der Waals surface area contributed by atoms with Gasteiger partial charge in [-0.2, -0.15) is 0 Å². The van der Waals surface area contributed by atoms with Crippen molar-refractivity contribution in [2.45, 2.75) is 123 Å². The molecule has 0 aromatic heterocycles. The Morgan fingerprint density at radius 3 is 1.76 bits per heavy atom. The Hall–Kier alpha value is -2.54. The number of carbonyl (C=O) groups excluding carboxylic acids is 4. The minimum absolute atomic E-state index is 0.0883. The normalized spacial score (nSPS) is 28.2. The zero-order chi connectivity index (χ0) is 32.2. The lowest BCUT2D eigenvalue weighted by atomic mass is 9.67. The van der Waals surface area contributed by atoms with E-state index in [4.69, 9.17) is 18.9 Å². The first-order valence-corrected chi connectivity index (χ1v) is 13.8. The highest BCUT2D eigenvalue weighted by Crippen LogP contribution is 2.43. The van der Waals surface area contributed by atoms with Crippen LogP contribution in [0.3, 0.4) is 0 Å². The molecular weight excluding hydrogens is 540 g/mol. The molecule has 0 spiro atoms. The largest absolute Gasteiger partial charge is 0.458 e. The maximum absolute atomic E-state index is 12.8. The van der Waals surface area contributed by atoms with Gasteiger partial charge in [-0.3, -0.25) is 19.2 Å². The van der Waals surface area contributed by atoms with Crippen LogP contribution >= 0.6 is 0 Å². The molecule has 0 saturated heterocycles. The summed E-state index contributed by atoms with van der Waals surface area (Å²) >= 11 is 0. The predicted octanol–water partition coefficient (Wildman–Crippen LogP) is 1.44. The van der Waals surface area contributed by atoms with Crippen molar-refractivity contribution >= 4 is 23.9 Å². The molecule has 0 unspecified atom stereocenters. The number of aliphatic hydroxyl groups is 4. The highest BCUT2D eigenvalue weighted by molar-refractivity contribution is 5.73. The minimum Gasteiger partial charge on any atom is -0.458 e. The third-order valence-corrected chi connectivity index (χ3v) is 7.04. The average molecular weight is 589 g/mol. The SMILES string of the molecule is C=C([C@H]1[C@H](O)[C@H](OC(=O)C(C)C)[C@@](C)(O)[C@@H](OC(C)=O)[C@H]1OC(=O)C(C)C)[C@H](C[C@H](O)C(C)(C)O)OC(=O)C(C)C. The fourth-order valence-electron chi connectivity index (χ4n) is 4.32. The topological polar surface area (TPSA) is 186 Å². The first kappa shape index (κ1) is 36.5. The highest BCUT2D eigenvalue weighted by Gasteiger charge is 2.63. The van der Waals surface area contributed by atoms with E-state index in [9.17, 15) is 39.6 Å². The van der Waals surface area contributed by atoms with Gasteiger partial charge in [0.15, 0.2) is 18.3 Å². The molecular formula is C29H48O12. The van der Waals surface area contributed by atoms with E-state index >= 15 is 0 Å². The molecule has 12 heteroatoms. The quantitative estimate of drug-likeness (QED) is 0.146. The molecule has 12 nitrogen and oxygen atoms in total. The van der Waals surface area contributed by atoms with E-state index in [0.29, 0.717) is 0 Å². The zero-order valence-electron chi connectivity index (χ0n) is 25.7. The second-order valence-electron chi connectivity index (χ2n) is 12.4. The zero-order valence-corrected chi connectivity index (χ0v) is 25.7. The highest BCUT2D eigenvalue weighted by atomic mass is 16.6. The minimum atomic E-state index is -2.26. The van der Waals surface area contributed by atoms with Crippen molar-refractivity contribution in [1.82, 2.24) is 0 Å². The van der Waals surface area contributed by atoms with E-state index in [1.165, 1.54) is 20.8 Å². The number of hydrogen-bond donors (Lipinski definition) is 4. The lowest BCUT2D eigenvalue weighted by Crippen LogP contribution is -2.71. The van der Waals surface area contributed by atoms with Gasteiger partial charge in [0.25, 0.3) is 0 Å². The summed E-state index contributed by atoms with van der Waals surface area (Å²) in [5.41, 5.74) is -3.98. The predicted molar refractivity (Wildman–Crippen MR) is 146 cm³/mol. The monoisotopic (exact) mass is 588 g/mol. The van der Waals surface area contributed by atoms with Gasteiger partial charge in [0.2, 0.25) is 0 Å². The molecule has 0 heterocycles. The first-order valence-electron chi connectivity index (χ1n) is 13.8. The van der Waals surface area contributed by atoms with E-state index in [1.54, 1.807) is 41.5 Å². The summed E-state index contributed by atoms with van der Waals surface area (Å²) in [6, 6.07) is 0. The van der Waals surface area contributed by atoms with Crippen LogP contribution in [-0.4, -0.2) is 92.1 Å². The van der Waals surface area contributed by atoms with Gasteiger partial charge in [0.1, 0.15) is 17.8 Å². The molecule has 1 aliphatic carbocycles. The second kappa shape index (κ2) is 14.1. The lowest BCUT2D eigenvalue weighted by molar-refractivity contribution is -0.264. The third kappa shape index (κ3) is 9.22. The van der Waals surface area contributed by atoms with Crippen LogP contribution in [0.15, 0.2) is 12.2 Å². The van der Waals surface area contributed by atoms with Crippen molar-refractivity contribution in [3.8, 4) is 0 Å². The van der Waals surface area contributed by atoms with Crippen molar-refractivity contribution < 1.29 is 58.6 Å². The van der Waals surface area contributed by atoms with E-state index in [0.717, 1.165) is 6.92 Å². The van der Waals surface area contributed by atoms with Crippen LogP contribution in [-0.2, 0) is 38.1 Å². The molecule has 0 radical (unpaired) electrons. The van der Waals surface area contributed by atoms with Gasteiger partial charge < -0.3 is 39.4 Å². The van der Waals surface area contributed by atoms with E-state index in [-0.39, 0.29) is 12.0 Å². The smallest absolute Gasteiger partial charge is 0.308 e. The standard InChI is InChI=1S/C29H48O12/c1-13(2)25(33)39-18(12-19(31)28(9,10)36)16(7)20-21(32)23(41-27(35)15(5)6)29(11,37)24(38-17(8)30)22(20)40-26(34)14(3)4/h13-15,18-24,31-32,36-37H,7,12H2,1-6,8-11H3/t18-,19-,20-,21-,22-,23-,24-,29+/m0/s1. The summed E-state index contributed by atoms with van der Waals surface area (Å²) in [5, 5.41) is 44.3. The molecule has 0 aromatic rings. The molecule has 1 aliphatic rings. The number of ether oxygens (including phenoxy) is 4. The first-order chi connectivity index (χ1) is 18.5. The molecule has 1 fully saturated rings. The van der Waals surface area contributed by atoms with Crippen molar-refractivity contribution in [2.24, 2.45) is 23.7 Å². The summed E-state index contributed by atoms with van der Waals surface area (Å²) < 4.78 is 22.2. The molecule has 4 N–H and O–H groups in total. The summed E-state index contributed by atoms with van der Waals surface area (Å²) in [6.07, 6.45) is -9.94. The molecule has 8 atom stereocenters. The van der Waals surface area contributed by atoms with E-state index < -0.39 is 95.4 Å². The third-order valence-electron chi connectivity index (χ3n) is 7.04. The molecule has 0 amide bonds. The van der Waals surface area contributed by atoms with Gasteiger partial charge >= 0.3 is 23.9 Å². The van der Waals surface area contributed by atoms with Gasteiger partial charge in [-0.15, -0.1) is 0 Å². The van der Waals surface area contributed by atoms with Crippen LogP contribution in [0.2, 0.25) is 0 Å². The van der Waals surface area contributed by atoms with Gasteiger partial charge in [-0.05, 0) is 26.3 Å². The molecule has 41 heavy (non-hydrogen) atoms. The summed E-state index contributed by atoms with van der Waals surface area (Å²) in [7, 11) is 0. The molecule has 0 bridgehead atoms. The Morgan fingerprint density at radius 2 is 1.34 bits per heavy atom. The Morgan fingerprint density at radius 1 is 0.878 bits per heavy atom. The van der Waals surface area contributed by atoms with Crippen molar-refractivity contribution in [1.29, 1.82) is 0 Å². The van der Waals surface area contributed by atoms with E-state index in [1.807, 2.05) is 0 Å². The number of hydrogen-bond acceptors (Lipinski definition) is 12. The second-order valence-corrected chi connectivity index (χ2v) is 12.4. The summed E-state index contributed by atoms with van der Waals surface area (Å²) in [6.45, 7) is 18.3. The Balaban J connectivity index is 3.85. The van der Waals surface area contributed by atoms with Crippen LogP contribution in [0.25, 0.3) is 0 Å². The van der Waals surface area contributed by atoms with Crippen LogP contribution in [0.1, 0.15) is 75.7 Å². The van der Waals surface area contributed by atoms with Crippen molar-refractivity contribution in [3.63, 3.8) is 0 Å². The number of esters is 4. The summed E-state index contributed by atoms with van der Waals surface area (Å²) in [4.78, 5) is 50.3. The van der Waals surface area contributed by atoms with Crippen LogP contribution in [0.4, 0.5) is 0 Å². The Labute approximate surface area is 242 Å². The van der Waals surface area contributed by atoms with Crippen LogP contribution in [0.5, 0.6) is 0 Å². The Bertz CT molecular complexity index is 961. The molecule has 1 saturated carbocycles. The maximum atomic E-state index is 12.8. The number of carbonyl (C=O) groups is 4. The fraction of sp³-hybridized carbons (Fsp3) is 0.793. The van der Waals surface area contributed by atoms with E-state index in [2.05, 4.69) is 6.58 Å². The van der Waals surface area contributed by atoms with Crippen molar-refractivity contribution in [3.05, 3.63) is 12.2 Å². The number of rotatable bonds is 12. The number of aliphatic hydroxyl groups excluding tert-OH is 2. The molecule has 0 aliphatic heterocycles. The molecule has 236 valence electrons. The lowest BCUT2D eigenvalue weighted by Gasteiger charge is -2.52. The molecule has 0 aromatic carbocycles. The van der Waals surface area contributed by atoms with Crippen molar-refractivity contribution in [2.75, 3.05) is 0 Å². The Kier molecular flexibility index (Phi) is 12.5. The van der Waals surface area contributed by atoms with Crippen LogP contribution in [0, 0.1) is 23.7 Å². The average Bonchev–Trinajstić information content (AvgIpc) is 2.82. The van der Waals surface area contributed by atoms with Crippen LogP contribution < -0.4 is 0 Å². The van der Waals surface area contributed by atoms with Gasteiger partial charge in [0.05, 0.1) is 35.4 Å². The van der Waals surface area contributed by atoms with Gasteiger partial charge in [-0.1, -0.05) is 48.1 Å². The summed E-state index contributed by atoms with van der Waals surface area (Å²) in [5.74, 6) is -6.48. The van der Waals surface area contributed by atoms with Gasteiger partial charge in [-0.25, -0.2) is 0 Å².